The standard InChI is InChI=1S/C21H23NO3S2/c1-14-4-9-19(15(2)10-14)27-22-18(12-21(24)25)11-20(26-3)17-7-5-16(13-23)6-8-17/h4-12,22-23H,13H2,1-3H3,(H,24,25)/b18-12-,20-11-. The van der Waals surface area contributed by atoms with Crippen molar-refractivity contribution >= 4 is 34.6 Å². The quantitative estimate of drug-likeness (QED) is 0.336. The number of aliphatic hydroxyl groups excluding tert-OH is 1. The fraction of sp³-hybridized carbons (Fsp3) is 0.190. The van der Waals surface area contributed by atoms with Gasteiger partial charge in [0.2, 0.25) is 0 Å². The zero-order valence-corrected chi connectivity index (χ0v) is 17.2. The number of thioether (sulfide) groups is 1. The first-order valence-corrected chi connectivity index (χ1v) is 10.4. The maximum Gasteiger partial charge on any atom is 0.330 e. The van der Waals surface area contributed by atoms with E-state index in [-0.39, 0.29) is 6.61 Å². The minimum atomic E-state index is -1.01. The van der Waals surface area contributed by atoms with E-state index in [2.05, 4.69) is 10.8 Å². The normalized spacial score (nSPS) is 12.1. The molecule has 0 fully saturated rings. The van der Waals surface area contributed by atoms with E-state index in [0.717, 1.165) is 32.6 Å². The van der Waals surface area contributed by atoms with E-state index in [9.17, 15) is 15.0 Å². The van der Waals surface area contributed by atoms with Gasteiger partial charge in [-0.3, -0.25) is 0 Å². The number of benzene rings is 2. The Hall–Kier alpha value is -2.15. The number of rotatable bonds is 8. The average Bonchev–Trinajstić information content (AvgIpc) is 2.64. The summed E-state index contributed by atoms with van der Waals surface area (Å²) in [6.07, 6.45) is 4.93. The van der Waals surface area contributed by atoms with Crippen LogP contribution in [0.2, 0.25) is 0 Å². The molecule has 0 unspecified atom stereocenters. The molecule has 0 bridgehead atoms. The van der Waals surface area contributed by atoms with E-state index in [1.807, 2.05) is 62.6 Å². The lowest BCUT2D eigenvalue weighted by Crippen LogP contribution is -2.05. The van der Waals surface area contributed by atoms with E-state index in [1.54, 1.807) is 0 Å². The van der Waals surface area contributed by atoms with Crippen molar-refractivity contribution in [3.63, 3.8) is 0 Å². The topological polar surface area (TPSA) is 69.6 Å². The van der Waals surface area contributed by atoms with Gasteiger partial charge in [-0.05, 0) is 60.9 Å². The highest BCUT2D eigenvalue weighted by Gasteiger charge is 2.06. The summed E-state index contributed by atoms with van der Waals surface area (Å²) in [7, 11) is 0. The molecule has 6 heteroatoms. The lowest BCUT2D eigenvalue weighted by Gasteiger charge is -2.11. The lowest BCUT2D eigenvalue weighted by atomic mass is 10.1. The number of aliphatic carboxylic acids is 1. The Morgan fingerprint density at radius 1 is 1.11 bits per heavy atom. The van der Waals surface area contributed by atoms with E-state index in [1.165, 1.54) is 29.3 Å². The number of hydrogen-bond acceptors (Lipinski definition) is 5. The van der Waals surface area contributed by atoms with Crippen molar-refractivity contribution in [1.29, 1.82) is 0 Å². The van der Waals surface area contributed by atoms with Crippen LogP contribution in [-0.4, -0.2) is 22.4 Å². The molecule has 0 aliphatic rings. The molecule has 0 amide bonds. The predicted molar refractivity (Wildman–Crippen MR) is 114 cm³/mol. The molecule has 0 spiro atoms. The minimum Gasteiger partial charge on any atom is -0.478 e. The molecule has 4 nitrogen and oxygen atoms in total. The predicted octanol–water partition coefficient (Wildman–Crippen LogP) is 4.77. The van der Waals surface area contributed by atoms with Gasteiger partial charge in [-0.15, -0.1) is 11.8 Å². The lowest BCUT2D eigenvalue weighted by molar-refractivity contribution is -0.131. The van der Waals surface area contributed by atoms with Gasteiger partial charge in [0.1, 0.15) is 0 Å². The second-order valence-electron chi connectivity index (χ2n) is 5.98. The van der Waals surface area contributed by atoms with Gasteiger partial charge in [0, 0.05) is 15.9 Å². The summed E-state index contributed by atoms with van der Waals surface area (Å²) in [5.41, 5.74) is 4.63. The molecule has 0 radical (unpaired) electrons. The largest absolute Gasteiger partial charge is 0.478 e. The summed E-state index contributed by atoms with van der Waals surface area (Å²) < 4.78 is 3.15. The summed E-state index contributed by atoms with van der Waals surface area (Å²) >= 11 is 2.93. The fourth-order valence-electron chi connectivity index (χ4n) is 2.44. The third kappa shape index (κ3) is 6.50. The molecule has 0 aliphatic carbocycles. The van der Waals surface area contributed by atoms with Crippen LogP contribution in [0.25, 0.3) is 4.91 Å². The summed E-state index contributed by atoms with van der Waals surface area (Å²) in [5, 5.41) is 18.4. The average molecular weight is 402 g/mol. The number of hydrogen-bond donors (Lipinski definition) is 3. The van der Waals surface area contributed by atoms with Gasteiger partial charge in [0.25, 0.3) is 0 Å². The van der Waals surface area contributed by atoms with E-state index >= 15 is 0 Å². The van der Waals surface area contributed by atoms with Crippen LogP contribution >= 0.6 is 23.7 Å². The molecule has 0 atom stereocenters. The number of carboxylic acid groups (broad SMARTS) is 1. The second kappa shape index (κ2) is 10.3. The van der Waals surface area contributed by atoms with Crippen molar-refractivity contribution in [3.05, 3.63) is 82.6 Å². The molecule has 27 heavy (non-hydrogen) atoms. The Morgan fingerprint density at radius 2 is 1.81 bits per heavy atom. The van der Waals surface area contributed by atoms with Crippen molar-refractivity contribution in [2.24, 2.45) is 0 Å². The molecule has 0 saturated carbocycles. The highest BCUT2D eigenvalue weighted by Crippen LogP contribution is 2.28. The Bertz CT molecular complexity index is 858. The summed E-state index contributed by atoms with van der Waals surface area (Å²) in [6.45, 7) is 4.07. The molecule has 0 saturated heterocycles. The number of allylic oxidation sites excluding steroid dienone is 1. The molecule has 0 heterocycles. The first-order chi connectivity index (χ1) is 12.9. The SMILES string of the molecule is CS/C(=C\C(=C\C(=O)O)NSc1ccc(C)cc1C)c1ccc(CO)cc1. The highest BCUT2D eigenvalue weighted by atomic mass is 32.2. The number of carboxylic acids is 1. The van der Waals surface area contributed by atoms with Gasteiger partial charge in [0.15, 0.2) is 0 Å². The van der Waals surface area contributed by atoms with Crippen molar-refractivity contribution in [3.8, 4) is 0 Å². The Labute approximate surface area is 168 Å². The Balaban J connectivity index is 2.25. The Kier molecular flexibility index (Phi) is 8.03. The zero-order chi connectivity index (χ0) is 19.8. The van der Waals surface area contributed by atoms with Crippen molar-refractivity contribution in [1.82, 2.24) is 4.72 Å². The molecule has 2 rings (SSSR count). The van der Waals surface area contributed by atoms with Crippen LogP contribution < -0.4 is 4.72 Å². The Morgan fingerprint density at radius 3 is 2.37 bits per heavy atom. The number of carbonyl (C=O) groups is 1. The van der Waals surface area contributed by atoms with Gasteiger partial charge in [-0.2, -0.15) is 0 Å². The molecule has 2 aromatic carbocycles. The summed E-state index contributed by atoms with van der Waals surface area (Å²) in [6, 6.07) is 13.7. The zero-order valence-electron chi connectivity index (χ0n) is 15.5. The van der Waals surface area contributed by atoms with Gasteiger partial charge in [-0.1, -0.05) is 42.0 Å². The molecule has 2 aromatic rings. The second-order valence-corrected chi connectivity index (χ2v) is 7.67. The summed E-state index contributed by atoms with van der Waals surface area (Å²) in [4.78, 5) is 13.2. The monoisotopic (exact) mass is 401 g/mol. The van der Waals surface area contributed by atoms with Gasteiger partial charge in [-0.25, -0.2) is 4.79 Å². The van der Waals surface area contributed by atoms with E-state index in [0.29, 0.717) is 5.70 Å². The minimum absolute atomic E-state index is 0.00312. The molecular formula is C21H23NO3S2. The molecular weight excluding hydrogens is 378 g/mol. The molecule has 0 aromatic heterocycles. The smallest absolute Gasteiger partial charge is 0.330 e. The van der Waals surface area contributed by atoms with Crippen molar-refractivity contribution in [2.75, 3.05) is 6.26 Å². The molecule has 3 N–H and O–H groups in total. The maximum atomic E-state index is 11.2. The first-order valence-electron chi connectivity index (χ1n) is 8.33. The third-order valence-corrected chi connectivity index (χ3v) is 5.62. The molecule has 0 aliphatic heterocycles. The van der Waals surface area contributed by atoms with Gasteiger partial charge >= 0.3 is 5.97 Å². The first kappa shape index (κ1) is 21.2. The van der Waals surface area contributed by atoms with E-state index in [4.69, 9.17) is 0 Å². The number of aliphatic hydroxyl groups is 1. The summed E-state index contributed by atoms with van der Waals surface area (Å²) in [5.74, 6) is -1.01. The van der Waals surface area contributed by atoms with Crippen LogP contribution in [0.3, 0.4) is 0 Å². The van der Waals surface area contributed by atoms with Crippen LogP contribution in [-0.2, 0) is 11.4 Å². The van der Waals surface area contributed by atoms with Crippen LogP contribution in [0.4, 0.5) is 0 Å². The highest BCUT2D eigenvalue weighted by molar-refractivity contribution is 8.07. The fourth-order valence-corrected chi connectivity index (χ4v) is 3.76. The molecule has 142 valence electrons. The number of nitrogens with one attached hydrogen (secondary N) is 1. The van der Waals surface area contributed by atoms with Crippen LogP contribution in [0.1, 0.15) is 22.3 Å². The number of aryl methyl sites for hydroxylation is 2. The van der Waals surface area contributed by atoms with E-state index < -0.39 is 5.97 Å². The van der Waals surface area contributed by atoms with Crippen LogP contribution in [0.15, 0.2) is 65.2 Å². The van der Waals surface area contributed by atoms with Crippen molar-refractivity contribution in [2.45, 2.75) is 25.3 Å². The van der Waals surface area contributed by atoms with Gasteiger partial charge in [0.05, 0.1) is 12.3 Å². The maximum absolute atomic E-state index is 11.2. The third-order valence-electron chi connectivity index (χ3n) is 3.82. The van der Waals surface area contributed by atoms with Crippen LogP contribution in [0, 0.1) is 13.8 Å². The van der Waals surface area contributed by atoms with Gasteiger partial charge < -0.3 is 14.9 Å². The van der Waals surface area contributed by atoms with Crippen LogP contribution in [0.5, 0.6) is 0 Å². The van der Waals surface area contributed by atoms with Crippen molar-refractivity contribution < 1.29 is 15.0 Å².